The van der Waals surface area contributed by atoms with Crippen molar-refractivity contribution in [1.29, 1.82) is 0 Å². The van der Waals surface area contributed by atoms with E-state index in [2.05, 4.69) is 22.8 Å². The zero-order valence-electron chi connectivity index (χ0n) is 10.7. The first-order valence-corrected chi connectivity index (χ1v) is 6.53. The highest BCUT2D eigenvalue weighted by atomic mass is 16.3. The first-order chi connectivity index (χ1) is 8.31. The smallest absolute Gasteiger partial charge is 0.118 e. The zero-order valence-corrected chi connectivity index (χ0v) is 10.7. The Bertz CT molecular complexity index is 329. The Morgan fingerprint density at radius 2 is 1.94 bits per heavy atom. The molecule has 0 aromatic carbocycles. The molecule has 1 fully saturated rings. The van der Waals surface area contributed by atoms with Gasteiger partial charge in [-0.25, -0.2) is 0 Å². The summed E-state index contributed by atoms with van der Waals surface area (Å²) in [6.45, 7) is 9.58. The standard InChI is InChI=1S/C13H23N3O/c1-2-3-15-4-6-16(7-5-15)10-13-8-12(9-14)11-17-13/h8,11H,2-7,9-10,14H2,1H3. The summed E-state index contributed by atoms with van der Waals surface area (Å²) in [5, 5.41) is 0. The number of hydrogen-bond acceptors (Lipinski definition) is 4. The van der Waals surface area contributed by atoms with Crippen LogP contribution in [-0.4, -0.2) is 42.5 Å². The van der Waals surface area contributed by atoms with E-state index in [4.69, 9.17) is 10.2 Å². The van der Waals surface area contributed by atoms with Gasteiger partial charge in [0, 0.05) is 38.3 Å². The second kappa shape index (κ2) is 6.19. The van der Waals surface area contributed by atoms with Crippen LogP contribution in [0.25, 0.3) is 0 Å². The van der Waals surface area contributed by atoms with Crippen molar-refractivity contribution in [3.05, 3.63) is 23.7 Å². The second-order valence-corrected chi connectivity index (χ2v) is 4.74. The Labute approximate surface area is 103 Å². The third kappa shape index (κ3) is 3.56. The van der Waals surface area contributed by atoms with Crippen LogP contribution in [0.3, 0.4) is 0 Å². The largest absolute Gasteiger partial charge is 0.468 e. The Morgan fingerprint density at radius 3 is 2.53 bits per heavy atom. The molecule has 0 saturated carbocycles. The van der Waals surface area contributed by atoms with E-state index in [0.29, 0.717) is 6.54 Å². The van der Waals surface area contributed by atoms with Crippen molar-refractivity contribution in [2.75, 3.05) is 32.7 Å². The van der Waals surface area contributed by atoms with E-state index in [0.717, 1.165) is 31.0 Å². The maximum Gasteiger partial charge on any atom is 0.118 e. The lowest BCUT2D eigenvalue weighted by Gasteiger charge is -2.33. The van der Waals surface area contributed by atoms with Crippen molar-refractivity contribution in [3.8, 4) is 0 Å². The summed E-state index contributed by atoms with van der Waals surface area (Å²) in [4.78, 5) is 4.98. The van der Waals surface area contributed by atoms with Crippen molar-refractivity contribution in [1.82, 2.24) is 9.80 Å². The van der Waals surface area contributed by atoms with Crippen LogP contribution in [0.5, 0.6) is 0 Å². The normalized spacial score (nSPS) is 18.7. The molecule has 2 rings (SSSR count). The molecular formula is C13H23N3O. The van der Waals surface area contributed by atoms with Crippen LogP contribution in [0.2, 0.25) is 0 Å². The predicted octanol–water partition coefficient (Wildman–Crippen LogP) is 1.27. The monoisotopic (exact) mass is 237 g/mol. The molecule has 1 aromatic rings. The lowest BCUT2D eigenvalue weighted by molar-refractivity contribution is 0.121. The van der Waals surface area contributed by atoms with Crippen LogP contribution in [0.4, 0.5) is 0 Å². The van der Waals surface area contributed by atoms with Gasteiger partial charge >= 0.3 is 0 Å². The van der Waals surface area contributed by atoms with E-state index in [1.807, 2.05) is 0 Å². The molecule has 17 heavy (non-hydrogen) atoms. The molecule has 4 heteroatoms. The summed E-state index contributed by atoms with van der Waals surface area (Å²) < 4.78 is 5.50. The molecule has 96 valence electrons. The average molecular weight is 237 g/mol. The van der Waals surface area contributed by atoms with Gasteiger partial charge in [-0.1, -0.05) is 6.92 Å². The molecule has 0 unspecified atom stereocenters. The van der Waals surface area contributed by atoms with Gasteiger partial charge in [-0.15, -0.1) is 0 Å². The first-order valence-electron chi connectivity index (χ1n) is 6.53. The van der Waals surface area contributed by atoms with Crippen LogP contribution in [0.1, 0.15) is 24.7 Å². The van der Waals surface area contributed by atoms with E-state index in [1.165, 1.54) is 26.1 Å². The first kappa shape index (κ1) is 12.6. The lowest BCUT2D eigenvalue weighted by Crippen LogP contribution is -2.45. The SMILES string of the molecule is CCCN1CCN(Cc2cc(CN)co2)CC1. The van der Waals surface area contributed by atoms with E-state index < -0.39 is 0 Å². The Balaban J connectivity index is 1.77. The van der Waals surface area contributed by atoms with Gasteiger partial charge in [0.15, 0.2) is 0 Å². The molecular weight excluding hydrogens is 214 g/mol. The van der Waals surface area contributed by atoms with Crippen molar-refractivity contribution in [3.63, 3.8) is 0 Å². The number of nitrogens with two attached hydrogens (primary N) is 1. The molecule has 0 radical (unpaired) electrons. The Hall–Kier alpha value is -0.840. The van der Waals surface area contributed by atoms with Crippen LogP contribution in [-0.2, 0) is 13.1 Å². The topological polar surface area (TPSA) is 45.6 Å². The average Bonchev–Trinajstić information content (AvgIpc) is 2.80. The summed E-state index contributed by atoms with van der Waals surface area (Å²) in [5.41, 5.74) is 6.66. The number of nitrogens with zero attached hydrogens (tertiary/aromatic N) is 2. The summed E-state index contributed by atoms with van der Waals surface area (Å²) in [7, 11) is 0. The van der Waals surface area contributed by atoms with Crippen molar-refractivity contribution in [2.24, 2.45) is 5.73 Å². The minimum atomic E-state index is 0.563. The molecule has 1 saturated heterocycles. The zero-order chi connectivity index (χ0) is 12.1. The van der Waals surface area contributed by atoms with Crippen LogP contribution >= 0.6 is 0 Å². The van der Waals surface area contributed by atoms with Crippen molar-refractivity contribution < 1.29 is 4.42 Å². The second-order valence-electron chi connectivity index (χ2n) is 4.74. The van der Waals surface area contributed by atoms with Crippen molar-refractivity contribution >= 4 is 0 Å². The fourth-order valence-corrected chi connectivity index (χ4v) is 2.32. The highest BCUT2D eigenvalue weighted by molar-refractivity contribution is 5.12. The fourth-order valence-electron chi connectivity index (χ4n) is 2.32. The molecule has 0 amide bonds. The number of hydrogen-bond donors (Lipinski definition) is 1. The summed E-state index contributed by atoms with van der Waals surface area (Å²) >= 11 is 0. The molecule has 0 aliphatic carbocycles. The van der Waals surface area contributed by atoms with Gasteiger partial charge in [-0.05, 0) is 19.0 Å². The molecule has 2 heterocycles. The van der Waals surface area contributed by atoms with E-state index in [-0.39, 0.29) is 0 Å². The molecule has 0 bridgehead atoms. The van der Waals surface area contributed by atoms with Crippen LogP contribution in [0.15, 0.2) is 16.7 Å². The highest BCUT2D eigenvalue weighted by Gasteiger charge is 2.17. The van der Waals surface area contributed by atoms with Gasteiger partial charge < -0.3 is 15.1 Å². The molecule has 1 aliphatic rings. The molecule has 2 N–H and O–H groups in total. The van der Waals surface area contributed by atoms with Gasteiger partial charge in [0.2, 0.25) is 0 Å². The summed E-state index contributed by atoms with van der Waals surface area (Å²) in [6.07, 6.45) is 3.01. The van der Waals surface area contributed by atoms with E-state index in [9.17, 15) is 0 Å². The van der Waals surface area contributed by atoms with E-state index >= 15 is 0 Å². The Morgan fingerprint density at radius 1 is 1.24 bits per heavy atom. The number of furan rings is 1. The molecule has 1 aromatic heterocycles. The van der Waals surface area contributed by atoms with Gasteiger partial charge in [0.25, 0.3) is 0 Å². The van der Waals surface area contributed by atoms with Gasteiger partial charge in [0.1, 0.15) is 5.76 Å². The van der Waals surface area contributed by atoms with Gasteiger partial charge in [-0.2, -0.15) is 0 Å². The number of rotatable bonds is 5. The van der Waals surface area contributed by atoms with Crippen LogP contribution in [0, 0.1) is 0 Å². The van der Waals surface area contributed by atoms with Crippen molar-refractivity contribution in [2.45, 2.75) is 26.4 Å². The van der Waals surface area contributed by atoms with Gasteiger partial charge in [-0.3, -0.25) is 4.90 Å². The van der Waals surface area contributed by atoms with Gasteiger partial charge in [0.05, 0.1) is 12.8 Å². The maximum absolute atomic E-state index is 5.57. The predicted molar refractivity (Wildman–Crippen MR) is 68.6 cm³/mol. The highest BCUT2D eigenvalue weighted by Crippen LogP contribution is 2.12. The fraction of sp³-hybridized carbons (Fsp3) is 0.692. The quantitative estimate of drug-likeness (QED) is 0.837. The maximum atomic E-state index is 5.57. The lowest BCUT2D eigenvalue weighted by atomic mass is 10.2. The Kier molecular flexibility index (Phi) is 4.59. The molecule has 1 aliphatic heterocycles. The van der Waals surface area contributed by atoms with Crippen LogP contribution < -0.4 is 5.73 Å². The van der Waals surface area contributed by atoms with E-state index in [1.54, 1.807) is 6.26 Å². The third-order valence-corrected chi connectivity index (χ3v) is 3.33. The molecule has 0 atom stereocenters. The summed E-state index contributed by atoms with van der Waals surface area (Å²) in [6, 6.07) is 2.07. The minimum absolute atomic E-state index is 0.563. The molecule has 0 spiro atoms. The summed E-state index contributed by atoms with van der Waals surface area (Å²) in [5.74, 6) is 1.04. The number of piperazine rings is 1. The minimum Gasteiger partial charge on any atom is -0.468 e. The third-order valence-electron chi connectivity index (χ3n) is 3.33. The molecule has 4 nitrogen and oxygen atoms in total.